The molecule has 0 fully saturated rings. The highest BCUT2D eigenvalue weighted by atomic mass is 32.5. The molecule has 0 saturated carbocycles. The van der Waals surface area contributed by atoms with Gasteiger partial charge in [0.05, 0.1) is 19.4 Å². The fourth-order valence-electron chi connectivity index (χ4n) is 0.627. The maximum atomic E-state index is 5.32. The molecule has 0 amide bonds. The molecule has 0 aromatic carbocycles. The molecule has 66 valence electrons. The SMILES string of the molecule is CCOP(=S)(CC=S)OCC. The average Bonchev–Trinajstić information content (AvgIpc) is 1.88. The average molecular weight is 212 g/mol. The number of hydrogen-bond donors (Lipinski definition) is 0. The van der Waals surface area contributed by atoms with E-state index in [1.54, 1.807) is 5.37 Å². The summed E-state index contributed by atoms with van der Waals surface area (Å²) >= 11 is 9.87. The van der Waals surface area contributed by atoms with E-state index in [4.69, 9.17) is 33.1 Å². The number of thiocarbonyl (C=S) groups is 1. The van der Waals surface area contributed by atoms with Crippen molar-refractivity contribution in [2.75, 3.05) is 19.4 Å². The molecule has 0 aliphatic carbocycles. The van der Waals surface area contributed by atoms with Gasteiger partial charge in [-0.3, -0.25) is 0 Å². The first-order valence-corrected chi connectivity index (χ1v) is 6.79. The Balaban J connectivity index is 4.01. The monoisotopic (exact) mass is 212 g/mol. The summed E-state index contributed by atoms with van der Waals surface area (Å²) in [6, 6.07) is 0. The van der Waals surface area contributed by atoms with Crippen molar-refractivity contribution >= 4 is 35.9 Å². The largest absolute Gasteiger partial charge is 0.329 e. The van der Waals surface area contributed by atoms with Crippen LogP contribution >= 0.6 is 18.7 Å². The molecule has 0 bridgehead atoms. The van der Waals surface area contributed by atoms with Crippen molar-refractivity contribution in [3.05, 3.63) is 0 Å². The van der Waals surface area contributed by atoms with Gasteiger partial charge in [0.2, 0.25) is 0 Å². The van der Waals surface area contributed by atoms with Crippen LogP contribution < -0.4 is 0 Å². The second-order valence-corrected chi connectivity index (χ2v) is 5.90. The molecule has 0 aromatic rings. The molecule has 0 aromatic heterocycles. The quantitative estimate of drug-likeness (QED) is 0.497. The third-order valence-corrected chi connectivity index (χ3v) is 4.38. The summed E-state index contributed by atoms with van der Waals surface area (Å²) in [6.07, 6.45) is 0.583. The summed E-state index contributed by atoms with van der Waals surface area (Å²) in [7, 11) is 0. The van der Waals surface area contributed by atoms with Crippen molar-refractivity contribution in [2.45, 2.75) is 13.8 Å². The van der Waals surface area contributed by atoms with Crippen molar-refractivity contribution in [3.63, 3.8) is 0 Å². The molecule has 0 aliphatic heterocycles. The highest BCUT2D eigenvalue weighted by molar-refractivity contribution is 8.10. The van der Waals surface area contributed by atoms with Gasteiger partial charge in [-0.25, -0.2) is 0 Å². The minimum absolute atomic E-state index is 0.583. The zero-order valence-electron chi connectivity index (χ0n) is 6.78. The second kappa shape index (κ2) is 6.21. The van der Waals surface area contributed by atoms with E-state index in [0.717, 1.165) is 0 Å². The molecule has 0 unspecified atom stereocenters. The summed E-state index contributed by atoms with van der Waals surface area (Å²) in [5.74, 6) is 0. The Morgan fingerprint density at radius 2 is 1.73 bits per heavy atom. The summed E-state index contributed by atoms with van der Waals surface area (Å²) in [6.45, 7) is 2.96. The fraction of sp³-hybridized carbons (Fsp3) is 0.833. The molecular formula is C6H13O2PS2. The molecule has 0 spiro atoms. The van der Waals surface area contributed by atoms with E-state index >= 15 is 0 Å². The first-order valence-electron chi connectivity index (χ1n) is 3.50. The van der Waals surface area contributed by atoms with Crippen molar-refractivity contribution in [3.8, 4) is 0 Å². The lowest BCUT2D eigenvalue weighted by Gasteiger charge is -2.18. The summed E-state index contributed by atoms with van der Waals surface area (Å²) in [4.78, 5) is 0. The zero-order valence-corrected chi connectivity index (χ0v) is 9.31. The minimum atomic E-state index is -2.05. The summed E-state index contributed by atoms with van der Waals surface area (Å²) in [5.41, 5.74) is 0. The molecule has 0 atom stereocenters. The van der Waals surface area contributed by atoms with Crippen LogP contribution in [0.4, 0.5) is 0 Å². The predicted octanol–water partition coefficient (Wildman–Crippen LogP) is 2.37. The van der Waals surface area contributed by atoms with Gasteiger partial charge in [-0.15, -0.1) is 0 Å². The Morgan fingerprint density at radius 3 is 2.00 bits per heavy atom. The Kier molecular flexibility index (Phi) is 6.58. The minimum Gasteiger partial charge on any atom is -0.329 e. The highest BCUT2D eigenvalue weighted by Crippen LogP contribution is 2.47. The molecule has 0 aliphatic rings. The lowest BCUT2D eigenvalue weighted by atomic mass is 10.9. The van der Waals surface area contributed by atoms with E-state index < -0.39 is 6.49 Å². The fourth-order valence-corrected chi connectivity index (χ4v) is 3.61. The topological polar surface area (TPSA) is 18.5 Å². The van der Waals surface area contributed by atoms with Crippen molar-refractivity contribution in [1.29, 1.82) is 0 Å². The van der Waals surface area contributed by atoms with Gasteiger partial charge in [0.1, 0.15) is 0 Å². The van der Waals surface area contributed by atoms with Gasteiger partial charge in [0.15, 0.2) is 6.49 Å². The molecule has 0 radical (unpaired) electrons. The summed E-state index contributed by atoms with van der Waals surface area (Å²) in [5, 5.41) is 1.59. The van der Waals surface area contributed by atoms with Crippen LogP contribution in [0.25, 0.3) is 0 Å². The van der Waals surface area contributed by atoms with Gasteiger partial charge in [-0.05, 0) is 31.0 Å². The molecule has 5 heteroatoms. The zero-order chi connectivity index (χ0) is 8.74. The van der Waals surface area contributed by atoms with Crippen LogP contribution in [0.3, 0.4) is 0 Å². The molecule has 0 N–H and O–H groups in total. The van der Waals surface area contributed by atoms with Gasteiger partial charge < -0.3 is 9.05 Å². The Hall–Kier alpha value is 0.660. The van der Waals surface area contributed by atoms with Crippen LogP contribution in [0.15, 0.2) is 0 Å². The maximum Gasteiger partial charge on any atom is 0.193 e. The Morgan fingerprint density at radius 1 is 1.27 bits per heavy atom. The first-order chi connectivity index (χ1) is 5.18. The van der Waals surface area contributed by atoms with Crippen molar-refractivity contribution < 1.29 is 9.05 Å². The van der Waals surface area contributed by atoms with Crippen LogP contribution in [-0.4, -0.2) is 24.7 Å². The van der Waals surface area contributed by atoms with Gasteiger partial charge in [-0.1, -0.05) is 12.2 Å². The molecule has 2 nitrogen and oxygen atoms in total. The smallest absolute Gasteiger partial charge is 0.193 e. The lowest BCUT2D eigenvalue weighted by molar-refractivity contribution is 0.269. The van der Waals surface area contributed by atoms with E-state index in [1.807, 2.05) is 13.8 Å². The van der Waals surface area contributed by atoms with E-state index in [1.165, 1.54) is 0 Å². The lowest BCUT2D eigenvalue weighted by Crippen LogP contribution is -1.99. The van der Waals surface area contributed by atoms with Gasteiger partial charge >= 0.3 is 0 Å². The van der Waals surface area contributed by atoms with E-state index in [0.29, 0.717) is 19.4 Å². The maximum absolute atomic E-state index is 5.32. The normalized spacial score (nSPS) is 11.5. The van der Waals surface area contributed by atoms with Crippen LogP contribution in [0.5, 0.6) is 0 Å². The van der Waals surface area contributed by atoms with Crippen LogP contribution in [0.1, 0.15) is 13.8 Å². The van der Waals surface area contributed by atoms with Crippen molar-refractivity contribution in [1.82, 2.24) is 0 Å². The number of rotatable bonds is 6. The van der Waals surface area contributed by atoms with E-state index in [2.05, 4.69) is 0 Å². The third-order valence-electron chi connectivity index (χ3n) is 0.950. The van der Waals surface area contributed by atoms with Gasteiger partial charge in [-0.2, -0.15) is 0 Å². The molecule has 0 heterocycles. The van der Waals surface area contributed by atoms with Crippen molar-refractivity contribution in [2.24, 2.45) is 0 Å². The highest BCUT2D eigenvalue weighted by Gasteiger charge is 2.14. The molecule has 0 saturated heterocycles. The second-order valence-electron chi connectivity index (χ2n) is 1.80. The van der Waals surface area contributed by atoms with E-state index in [9.17, 15) is 0 Å². The van der Waals surface area contributed by atoms with E-state index in [-0.39, 0.29) is 0 Å². The standard InChI is InChI=1S/C6H13O2PS2/c1-3-7-9(11,5-6-10)8-4-2/h6H,3-5H2,1-2H3. The van der Waals surface area contributed by atoms with Gasteiger partial charge in [0, 0.05) is 0 Å². The number of hydrogen-bond acceptors (Lipinski definition) is 4. The van der Waals surface area contributed by atoms with Crippen LogP contribution in [0.2, 0.25) is 0 Å². The summed E-state index contributed by atoms with van der Waals surface area (Å²) < 4.78 is 10.6. The molecular weight excluding hydrogens is 199 g/mol. The molecule has 0 rings (SSSR count). The molecule has 11 heavy (non-hydrogen) atoms. The van der Waals surface area contributed by atoms with Crippen LogP contribution in [-0.2, 0) is 20.9 Å². The van der Waals surface area contributed by atoms with Crippen LogP contribution in [0, 0.1) is 0 Å². The van der Waals surface area contributed by atoms with Gasteiger partial charge in [0.25, 0.3) is 0 Å². The Bertz CT molecular complexity index is 151. The predicted molar refractivity (Wildman–Crippen MR) is 56.1 cm³/mol. The Labute approximate surface area is 78.4 Å². The third kappa shape index (κ3) is 4.99. The first kappa shape index (κ1) is 11.7.